The summed E-state index contributed by atoms with van der Waals surface area (Å²) in [5.41, 5.74) is 0.562. The molecule has 0 saturated heterocycles. The van der Waals surface area contributed by atoms with E-state index >= 15 is 0 Å². The summed E-state index contributed by atoms with van der Waals surface area (Å²) >= 11 is 0. The highest BCUT2D eigenvalue weighted by atomic mass is 16.5. The van der Waals surface area contributed by atoms with Gasteiger partial charge >= 0.3 is 5.97 Å². The van der Waals surface area contributed by atoms with Crippen molar-refractivity contribution in [2.75, 3.05) is 14.2 Å². The minimum atomic E-state index is -1.02. The molecule has 0 aliphatic heterocycles. The van der Waals surface area contributed by atoms with Crippen molar-refractivity contribution in [1.82, 2.24) is 0 Å². The number of methoxy groups -OCH3 is 2. The van der Waals surface area contributed by atoms with E-state index in [1.807, 2.05) is 0 Å². The number of benzene rings is 1. The molecule has 4 nitrogen and oxygen atoms in total. The van der Waals surface area contributed by atoms with E-state index < -0.39 is 5.97 Å². The van der Waals surface area contributed by atoms with Gasteiger partial charge in [-0.1, -0.05) is 12.7 Å². The van der Waals surface area contributed by atoms with Crippen molar-refractivity contribution in [1.29, 1.82) is 0 Å². The number of carboxylic acid groups (broad SMARTS) is 1. The molecule has 0 atom stereocenters. The van der Waals surface area contributed by atoms with E-state index in [0.717, 1.165) is 0 Å². The smallest absolute Gasteiger partial charge is 0.336 e. The lowest BCUT2D eigenvalue weighted by Gasteiger charge is -2.12. The normalized spacial score (nSPS) is 9.47. The van der Waals surface area contributed by atoms with Crippen LogP contribution in [-0.2, 0) is 0 Å². The Bertz CT molecular complexity index is 396. The molecule has 15 heavy (non-hydrogen) atoms. The molecule has 0 heterocycles. The lowest BCUT2D eigenvalue weighted by molar-refractivity contribution is 0.0696. The third-order valence-electron chi connectivity index (χ3n) is 2.02. The molecule has 1 aromatic carbocycles. The molecule has 0 unspecified atom stereocenters. The summed E-state index contributed by atoms with van der Waals surface area (Å²) in [6, 6.07) is 3.01. The van der Waals surface area contributed by atoms with Crippen molar-refractivity contribution in [3.8, 4) is 11.5 Å². The largest absolute Gasteiger partial charge is 0.493 e. The molecule has 80 valence electrons. The SMILES string of the molecule is C=Cc1c(C(=O)O)ccc(OC)c1OC. The van der Waals surface area contributed by atoms with Crippen LogP contribution < -0.4 is 9.47 Å². The molecule has 1 rings (SSSR count). The number of rotatable bonds is 4. The number of hydrogen-bond donors (Lipinski definition) is 1. The number of ether oxygens (including phenoxy) is 2. The van der Waals surface area contributed by atoms with E-state index in [1.54, 1.807) is 6.07 Å². The predicted molar refractivity (Wildman–Crippen MR) is 56.6 cm³/mol. The van der Waals surface area contributed by atoms with Crippen molar-refractivity contribution in [3.63, 3.8) is 0 Å². The summed E-state index contributed by atoms with van der Waals surface area (Å²) in [6.07, 6.45) is 1.44. The summed E-state index contributed by atoms with van der Waals surface area (Å²) in [5, 5.41) is 8.94. The molecule has 0 fully saturated rings. The van der Waals surface area contributed by atoms with Gasteiger partial charge in [0, 0.05) is 5.56 Å². The van der Waals surface area contributed by atoms with Crippen LogP contribution in [0.3, 0.4) is 0 Å². The van der Waals surface area contributed by atoms with Crippen LogP contribution in [0.2, 0.25) is 0 Å². The highest BCUT2D eigenvalue weighted by Crippen LogP contribution is 2.34. The van der Waals surface area contributed by atoms with Gasteiger partial charge in [0.2, 0.25) is 0 Å². The van der Waals surface area contributed by atoms with Crippen LogP contribution in [0, 0.1) is 0 Å². The fourth-order valence-corrected chi connectivity index (χ4v) is 1.34. The van der Waals surface area contributed by atoms with E-state index in [2.05, 4.69) is 6.58 Å². The van der Waals surface area contributed by atoms with Crippen LogP contribution in [0.5, 0.6) is 11.5 Å². The maximum Gasteiger partial charge on any atom is 0.336 e. The van der Waals surface area contributed by atoms with Gasteiger partial charge in [0.25, 0.3) is 0 Å². The quantitative estimate of drug-likeness (QED) is 0.822. The summed E-state index contributed by atoms with van der Waals surface area (Å²) in [6.45, 7) is 3.56. The van der Waals surface area contributed by atoms with Gasteiger partial charge in [-0.25, -0.2) is 4.79 Å². The van der Waals surface area contributed by atoms with E-state index in [1.165, 1.54) is 26.4 Å². The van der Waals surface area contributed by atoms with Crippen molar-refractivity contribution in [3.05, 3.63) is 29.8 Å². The van der Waals surface area contributed by atoms with Crippen molar-refractivity contribution >= 4 is 12.0 Å². The average molecular weight is 208 g/mol. The maximum atomic E-state index is 10.9. The van der Waals surface area contributed by atoms with Crippen LogP contribution in [0.25, 0.3) is 6.08 Å². The zero-order valence-electron chi connectivity index (χ0n) is 8.61. The van der Waals surface area contributed by atoms with Gasteiger partial charge in [0.05, 0.1) is 19.8 Å². The Morgan fingerprint density at radius 2 is 2.07 bits per heavy atom. The first-order chi connectivity index (χ1) is 7.15. The molecule has 0 radical (unpaired) electrons. The molecule has 0 saturated carbocycles. The fraction of sp³-hybridized carbons (Fsp3) is 0.182. The first-order valence-corrected chi connectivity index (χ1v) is 4.26. The van der Waals surface area contributed by atoms with Crippen LogP contribution >= 0.6 is 0 Å². The molecule has 0 aromatic heterocycles. The topological polar surface area (TPSA) is 55.8 Å². The van der Waals surface area contributed by atoms with Gasteiger partial charge in [0.1, 0.15) is 0 Å². The van der Waals surface area contributed by atoms with Crippen LogP contribution in [-0.4, -0.2) is 25.3 Å². The molecule has 0 aliphatic carbocycles. The molecule has 0 spiro atoms. The zero-order chi connectivity index (χ0) is 11.4. The van der Waals surface area contributed by atoms with E-state index in [9.17, 15) is 4.79 Å². The standard InChI is InChI=1S/C11H12O4/c1-4-7-8(11(12)13)5-6-9(14-2)10(7)15-3/h4-6H,1H2,2-3H3,(H,12,13). The molecular weight excluding hydrogens is 196 g/mol. The lowest BCUT2D eigenvalue weighted by atomic mass is 10.1. The summed E-state index contributed by atoms with van der Waals surface area (Å²) < 4.78 is 10.1. The Morgan fingerprint density at radius 1 is 1.40 bits per heavy atom. The Hall–Kier alpha value is -1.97. The Labute approximate surface area is 87.7 Å². The Morgan fingerprint density at radius 3 is 2.47 bits per heavy atom. The van der Waals surface area contributed by atoms with Crippen LogP contribution in [0.15, 0.2) is 18.7 Å². The molecule has 4 heteroatoms. The summed E-state index contributed by atoms with van der Waals surface area (Å²) in [4.78, 5) is 10.9. The Kier molecular flexibility index (Phi) is 3.33. The van der Waals surface area contributed by atoms with Crippen LogP contribution in [0.1, 0.15) is 15.9 Å². The van der Waals surface area contributed by atoms with Gasteiger partial charge in [-0.15, -0.1) is 0 Å². The van der Waals surface area contributed by atoms with E-state index in [0.29, 0.717) is 17.1 Å². The number of hydrogen-bond acceptors (Lipinski definition) is 3. The summed E-state index contributed by atoms with van der Waals surface area (Å²) in [7, 11) is 2.95. The van der Waals surface area contributed by atoms with Crippen molar-refractivity contribution in [2.24, 2.45) is 0 Å². The van der Waals surface area contributed by atoms with E-state index in [4.69, 9.17) is 14.6 Å². The first-order valence-electron chi connectivity index (χ1n) is 4.26. The monoisotopic (exact) mass is 208 g/mol. The summed E-state index contributed by atoms with van der Waals surface area (Å²) in [5.74, 6) is -0.157. The lowest BCUT2D eigenvalue weighted by Crippen LogP contribution is -2.03. The second kappa shape index (κ2) is 4.50. The number of carboxylic acids is 1. The average Bonchev–Trinajstić information content (AvgIpc) is 2.26. The number of aromatic carboxylic acids is 1. The van der Waals surface area contributed by atoms with Crippen LogP contribution in [0.4, 0.5) is 0 Å². The van der Waals surface area contributed by atoms with Gasteiger partial charge in [-0.3, -0.25) is 0 Å². The molecule has 0 bridgehead atoms. The molecular formula is C11H12O4. The molecule has 1 N–H and O–H groups in total. The second-order valence-corrected chi connectivity index (χ2v) is 2.77. The van der Waals surface area contributed by atoms with Gasteiger partial charge < -0.3 is 14.6 Å². The third-order valence-corrected chi connectivity index (χ3v) is 2.02. The molecule has 0 aliphatic rings. The van der Waals surface area contributed by atoms with E-state index in [-0.39, 0.29) is 5.56 Å². The molecule has 0 amide bonds. The van der Waals surface area contributed by atoms with Crippen molar-refractivity contribution in [2.45, 2.75) is 0 Å². The van der Waals surface area contributed by atoms with Gasteiger partial charge in [-0.05, 0) is 12.1 Å². The maximum absolute atomic E-state index is 10.9. The molecule has 1 aromatic rings. The minimum absolute atomic E-state index is 0.141. The number of carbonyl (C=O) groups is 1. The zero-order valence-corrected chi connectivity index (χ0v) is 8.61. The third kappa shape index (κ3) is 1.93. The van der Waals surface area contributed by atoms with Gasteiger partial charge in [0.15, 0.2) is 11.5 Å². The highest BCUT2D eigenvalue weighted by molar-refractivity contribution is 5.94. The van der Waals surface area contributed by atoms with Gasteiger partial charge in [-0.2, -0.15) is 0 Å². The fourth-order valence-electron chi connectivity index (χ4n) is 1.34. The minimum Gasteiger partial charge on any atom is -0.493 e. The van der Waals surface area contributed by atoms with Crippen molar-refractivity contribution < 1.29 is 19.4 Å². The Balaban J connectivity index is 3.47. The predicted octanol–water partition coefficient (Wildman–Crippen LogP) is 2.04. The highest BCUT2D eigenvalue weighted by Gasteiger charge is 2.16. The second-order valence-electron chi connectivity index (χ2n) is 2.77. The first kappa shape index (κ1) is 11.1.